The summed E-state index contributed by atoms with van der Waals surface area (Å²) >= 11 is 0. The Labute approximate surface area is 226 Å². The monoisotopic (exact) mass is 548 g/mol. The Balaban J connectivity index is 1.15. The number of para-hydroxylation sites is 2. The molecule has 0 spiro atoms. The number of carbonyl (C=O) groups is 3. The average molecular weight is 549 g/mol. The molecule has 2 aliphatic rings. The summed E-state index contributed by atoms with van der Waals surface area (Å²) in [5.74, 6) is -0.634. The number of amides is 3. The van der Waals surface area contributed by atoms with E-state index < -0.39 is 11.9 Å². The van der Waals surface area contributed by atoms with Gasteiger partial charge in [-0.2, -0.15) is 0 Å². The summed E-state index contributed by atoms with van der Waals surface area (Å²) in [5.41, 5.74) is 2.33. The maximum Gasteiger partial charge on any atom is 0.290 e. The van der Waals surface area contributed by atoms with Crippen LogP contribution >= 0.6 is 9.24 Å². The van der Waals surface area contributed by atoms with E-state index >= 15 is 0 Å². The zero-order valence-electron chi connectivity index (χ0n) is 21.7. The molecular weight excluding hydrogens is 518 g/mol. The van der Waals surface area contributed by atoms with Crippen molar-refractivity contribution < 1.29 is 18.8 Å². The summed E-state index contributed by atoms with van der Waals surface area (Å²) in [6.45, 7) is 4.85. The predicted molar refractivity (Wildman–Crippen MR) is 149 cm³/mol. The van der Waals surface area contributed by atoms with Crippen molar-refractivity contribution in [1.29, 1.82) is 0 Å². The average Bonchev–Trinajstić information content (AvgIpc) is 3.69. The zero-order valence-corrected chi connectivity index (χ0v) is 22.9. The van der Waals surface area contributed by atoms with Crippen LogP contribution in [0, 0.1) is 11.7 Å². The number of benzene rings is 2. The summed E-state index contributed by atoms with van der Waals surface area (Å²) in [4.78, 5) is 54.2. The van der Waals surface area contributed by atoms with Gasteiger partial charge in [0.2, 0.25) is 5.91 Å². The second kappa shape index (κ2) is 9.75. The van der Waals surface area contributed by atoms with Crippen molar-refractivity contribution in [3.63, 3.8) is 0 Å². The lowest BCUT2D eigenvalue weighted by Gasteiger charge is -2.36. The molecule has 39 heavy (non-hydrogen) atoms. The van der Waals surface area contributed by atoms with Crippen LogP contribution in [0.5, 0.6) is 0 Å². The van der Waals surface area contributed by atoms with Crippen LogP contribution in [0.25, 0.3) is 21.9 Å². The van der Waals surface area contributed by atoms with E-state index in [1.165, 1.54) is 6.07 Å². The molecule has 2 bridgehead atoms. The number of hydrogen-bond acceptors (Lipinski definition) is 4. The van der Waals surface area contributed by atoms with Gasteiger partial charge in [0, 0.05) is 29.3 Å². The van der Waals surface area contributed by atoms with Crippen molar-refractivity contribution in [3.8, 4) is 0 Å². The molecule has 2 aliphatic heterocycles. The Bertz CT molecular complexity index is 1540. The highest BCUT2D eigenvalue weighted by atomic mass is 31.0. The fourth-order valence-corrected chi connectivity index (χ4v) is 6.06. The van der Waals surface area contributed by atoms with Gasteiger partial charge in [-0.05, 0) is 49.1 Å². The molecule has 9 nitrogen and oxygen atoms in total. The van der Waals surface area contributed by atoms with Gasteiger partial charge in [0.15, 0.2) is 5.82 Å². The van der Waals surface area contributed by atoms with Gasteiger partial charge in [0.25, 0.3) is 11.8 Å². The topological polar surface area (TPSA) is 114 Å². The van der Waals surface area contributed by atoms with Gasteiger partial charge in [-0.1, -0.05) is 26.0 Å². The molecule has 0 radical (unpaired) electrons. The third-order valence-electron chi connectivity index (χ3n) is 7.67. The molecule has 3 N–H and O–H groups in total. The summed E-state index contributed by atoms with van der Waals surface area (Å²) < 4.78 is 14.0. The molecule has 202 valence electrons. The molecule has 2 saturated heterocycles. The molecule has 0 aliphatic carbocycles. The molecular formula is C28H30FN6O3P. The highest BCUT2D eigenvalue weighted by Crippen LogP contribution is 2.33. The summed E-state index contributed by atoms with van der Waals surface area (Å²) in [6, 6.07) is 11.3. The number of carbonyl (C=O) groups excluding carboxylic acids is 3. The summed E-state index contributed by atoms with van der Waals surface area (Å²) in [5, 5.41) is 4.04. The first-order chi connectivity index (χ1) is 18.7. The Kier molecular flexibility index (Phi) is 6.38. The Morgan fingerprint density at radius 2 is 1.82 bits per heavy atom. The summed E-state index contributed by atoms with van der Waals surface area (Å²) in [6.07, 6.45) is 1.18. The van der Waals surface area contributed by atoms with E-state index in [1.807, 2.05) is 43.0 Å². The molecule has 3 amide bonds. The lowest BCUT2D eigenvalue weighted by molar-refractivity contribution is -0.135. The number of nitrogens with zero attached hydrogens (tertiary/aromatic N) is 3. The number of fused-ring (bicyclic) bond motifs is 4. The second-order valence-corrected chi connectivity index (χ2v) is 11.5. The number of piperazine rings is 1. The fourth-order valence-electron chi connectivity index (χ4n) is 5.80. The fraction of sp³-hybridized carbons (Fsp3) is 0.357. The number of hydrogen-bond donors (Lipinski definition) is 3. The van der Waals surface area contributed by atoms with Crippen LogP contribution < -0.4 is 10.6 Å². The molecule has 4 aromatic rings. The van der Waals surface area contributed by atoms with Crippen LogP contribution in [0.3, 0.4) is 0 Å². The number of aromatic nitrogens is 3. The van der Waals surface area contributed by atoms with Gasteiger partial charge in [-0.15, -0.1) is 9.24 Å². The first kappa shape index (κ1) is 25.5. The van der Waals surface area contributed by atoms with E-state index in [-0.39, 0.29) is 41.3 Å². The van der Waals surface area contributed by atoms with Gasteiger partial charge in [0.05, 0.1) is 23.1 Å². The van der Waals surface area contributed by atoms with E-state index in [0.717, 1.165) is 11.0 Å². The molecule has 2 aromatic heterocycles. The zero-order chi connectivity index (χ0) is 27.4. The van der Waals surface area contributed by atoms with E-state index in [0.29, 0.717) is 48.0 Å². The van der Waals surface area contributed by atoms with E-state index in [2.05, 4.69) is 29.5 Å². The molecule has 6 rings (SSSR count). The van der Waals surface area contributed by atoms with Crippen LogP contribution in [-0.2, 0) is 4.79 Å². The van der Waals surface area contributed by atoms with Crippen molar-refractivity contribution in [2.75, 3.05) is 13.1 Å². The van der Waals surface area contributed by atoms with Gasteiger partial charge in [0.1, 0.15) is 17.6 Å². The van der Waals surface area contributed by atoms with Crippen molar-refractivity contribution >= 4 is 54.2 Å². The van der Waals surface area contributed by atoms with E-state index in [4.69, 9.17) is 0 Å². The standard InChI is InChI=1S/C28H30FN6O3P/c1-14(2)7-23(33-26(36)22-8-15-9-24(39)18(29)11-21(15)30-22)27(37)34-12-17-10-16(34)13-35(17)28(38)25-31-19-5-3-4-6-20(19)32-25/h3-6,8-9,11,14,16-17,23,30H,7,10,12-13,39H2,1-2H3,(H,31,32)(H,33,36). The number of aromatic amines is 2. The van der Waals surface area contributed by atoms with E-state index in [1.54, 1.807) is 17.0 Å². The highest BCUT2D eigenvalue weighted by molar-refractivity contribution is 7.27. The van der Waals surface area contributed by atoms with Gasteiger partial charge in [-0.25, -0.2) is 9.37 Å². The number of H-pyrrole nitrogens is 2. The number of nitrogens with one attached hydrogen (secondary N) is 3. The van der Waals surface area contributed by atoms with Crippen molar-refractivity contribution in [2.24, 2.45) is 5.92 Å². The van der Waals surface area contributed by atoms with Gasteiger partial charge in [-0.3, -0.25) is 14.4 Å². The first-order valence-electron chi connectivity index (χ1n) is 13.1. The lowest BCUT2D eigenvalue weighted by Crippen LogP contribution is -2.56. The Morgan fingerprint density at radius 1 is 1.08 bits per heavy atom. The van der Waals surface area contributed by atoms with Crippen LogP contribution in [0.1, 0.15) is 47.8 Å². The molecule has 2 aromatic carbocycles. The van der Waals surface area contributed by atoms with Gasteiger partial charge >= 0.3 is 0 Å². The third kappa shape index (κ3) is 4.67. The minimum Gasteiger partial charge on any atom is -0.350 e. The quantitative estimate of drug-likeness (QED) is 0.322. The van der Waals surface area contributed by atoms with E-state index in [9.17, 15) is 18.8 Å². The van der Waals surface area contributed by atoms with Crippen LogP contribution in [0.15, 0.2) is 42.5 Å². The second-order valence-electron chi connectivity index (χ2n) is 10.9. The molecule has 4 unspecified atom stereocenters. The maximum atomic E-state index is 14.0. The first-order valence-corrected chi connectivity index (χ1v) is 13.7. The highest BCUT2D eigenvalue weighted by Gasteiger charge is 2.49. The number of rotatable bonds is 6. The SMILES string of the molecule is CC(C)CC(NC(=O)c1cc2cc(P)c(F)cc2[nH]1)C(=O)N1CC2CC1CN2C(=O)c1nc2ccccc2[nH]1. The third-order valence-corrected chi connectivity index (χ3v) is 8.11. The number of imidazole rings is 1. The molecule has 2 fully saturated rings. The Morgan fingerprint density at radius 3 is 2.54 bits per heavy atom. The molecule has 4 atom stereocenters. The van der Waals surface area contributed by atoms with Gasteiger partial charge < -0.3 is 25.1 Å². The lowest BCUT2D eigenvalue weighted by atomic mass is 10.0. The van der Waals surface area contributed by atoms with Crippen molar-refractivity contribution in [1.82, 2.24) is 30.1 Å². The van der Waals surface area contributed by atoms with Crippen molar-refractivity contribution in [2.45, 2.75) is 44.8 Å². The largest absolute Gasteiger partial charge is 0.350 e. The molecule has 4 heterocycles. The van der Waals surface area contributed by atoms with Crippen LogP contribution in [0.4, 0.5) is 4.39 Å². The number of halogens is 1. The Hall–Kier alpha value is -3.78. The molecule has 0 saturated carbocycles. The normalized spacial score (nSPS) is 19.4. The maximum absolute atomic E-state index is 14.0. The molecule has 11 heteroatoms. The van der Waals surface area contributed by atoms with Crippen LogP contribution in [-0.4, -0.2) is 73.7 Å². The minimum absolute atomic E-state index is 0.0974. The predicted octanol–water partition coefficient (Wildman–Crippen LogP) is 2.95. The minimum atomic E-state index is -0.711. The number of likely N-dealkylation sites (tertiary alicyclic amines) is 2. The smallest absolute Gasteiger partial charge is 0.290 e. The van der Waals surface area contributed by atoms with Crippen LogP contribution in [0.2, 0.25) is 0 Å². The summed E-state index contributed by atoms with van der Waals surface area (Å²) in [7, 11) is 2.34. The van der Waals surface area contributed by atoms with Crippen molar-refractivity contribution in [3.05, 3.63) is 59.8 Å².